The van der Waals surface area contributed by atoms with Crippen molar-refractivity contribution in [1.82, 2.24) is 20.2 Å². The van der Waals surface area contributed by atoms with Gasteiger partial charge in [0.15, 0.2) is 5.82 Å². The molecule has 4 N–H and O–H groups in total. The van der Waals surface area contributed by atoms with Gasteiger partial charge < -0.3 is 35.3 Å². The molecule has 0 spiro atoms. The third-order valence-corrected chi connectivity index (χ3v) is 7.97. The van der Waals surface area contributed by atoms with Crippen molar-refractivity contribution < 1.29 is 19.7 Å². The molecule has 2 saturated heterocycles. The molecular weight excluding hydrogens is 532 g/mol. The molecule has 0 bridgehead atoms. The van der Waals surface area contributed by atoms with Gasteiger partial charge in [0.25, 0.3) is 0 Å². The van der Waals surface area contributed by atoms with E-state index in [4.69, 9.17) is 36.5 Å². The number of likely N-dealkylation sites (N-methyl/N-ethyl adjacent to an activating group) is 1. The van der Waals surface area contributed by atoms with Crippen molar-refractivity contribution in [2.24, 2.45) is 0 Å². The number of methoxy groups -OCH3 is 1. The Bertz CT molecular complexity index is 1240. The van der Waals surface area contributed by atoms with Gasteiger partial charge in [0.05, 0.1) is 22.4 Å². The molecule has 10 nitrogen and oxygen atoms in total. The molecule has 2 aliphatic heterocycles. The second kappa shape index (κ2) is 13.3. The highest BCUT2D eigenvalue weighted by Gasteiger charge is 2.35. The molecule has 11 heteroatoms. The first-order valence-electron chi connectivity index (χ1n) is 13.7. The number of aromatic nitrogens is 2. The van der Waals surface area contributed by atoms with Gasteiger partial charge in [-0.3, -0.25) is 4.90 Å². The van der Waals surface area contributed by atoms with E-state index in [1.165, 1.54) is 0 Å². The molecule has 3 heterocycles. The Balaban J connectivity index is 1.69. The van der Waals surface area contributed by atoms with Crippen molar-refractivity contribution >= 4 is 28.7 Å². The van der Waals surface area contributed by atoms with Gasteiger partial charge in [0.1, 0.15) is 30.0 Å². The van der Waals surface area contributed by atoms with Crippen LogP contribution in [0.4, 0.5) is 5.82 Å². The van der Waals surface area contributed by atoms with Crippen LogP contribution in [0.1, 0.15) is 37.9 Å². The first-order valence-corrected chi connectivity index (χ1v) is 14.1. The van der Waals surface area contributed by atoms with Crippen LogP contribution >= 0.6 is 11.6 Å². The number of benzene rings is 1. The molecule has 1 atom stereocenters. The standard InChI is InChI=1S/C29H41ClN6O4/c1-17-27(26(18(2)31)19(3)37)33-28(24-12-22(6-7-25(24)30)40-16-21(38)13-32-4)34-29(17)35-10-8-20(9-11-35)36-14-23(15-36)39-5/h6-7,12,20-21,23,31-32,37-38H,8-11,13-16H2,1-5H3/b26-19+,31-18?/t21-/m1/s1. The highest BCUT2D eigenvalue weighted by atomic mass is 35.5. The second-order valence-electron chi connectivity index (χ2n) is 10.6. The Hall–Kier alpha value is -2.76. The minimum absolute atomic E-state index is 0.0251. The third kappa shape index (κ3) is 6.75. The zero-order valence-electron chi connectivity index (χ0n) is 24.0. The van der Waals surface area contributed by atoms with Gasteiger partial charge in [-0.25, -0.2) is 9.97 Å². The number of allylic oxidation sites excluding steroid dienone is 2. The predicted octanol–water partition coefficient (Wildman–Crippen LogP) is 3.69. The van der Waals surface area contributed by atoms with Crippen LogP contribution in [0, 0.1) is 12.3 Å². The fourth-order valence-corrected chi connectivity index (χ4v) is 5.61. The number of aliphatic hydroxyl groups is 2. The number of piperidine rings is 1. The molecule has 0 saturated carbocycles. The number of likely N-dealkylation sites (tertiary alicyclic amines) is 1. The maximum Gasteiger partial charge on any atom is 0.163 e. The number of halogens is 1. The number of anilines is 1. The van der Waals surface area contributed by atoms with E-state index >= 15 is 0 Å². The normalized spacial score (nSPS) is 18.3. The van der Waals surface area contributed by atoms with Crippen LogP contribution in [-0.2, 0) is 4.74 Å². The van der Waals surface area contributed by atoms with Crippen LogP contribution in [0.2, 0.25) is 5.02 Å². The van der Waals surface area contributed by atoms with E-state index in [1.807, 2.05) is 6.92 Å². The quantitative estimate of drug-likeness (QED) is 0.235. The van der Waals surface area contributed by atoms with E-state index in [2.05, 4.69) is 15.1 Å². The molecule has 0 radical (unpaired) electrons. The fraction of sp³-hybridized carbons (Fsp3) is 0.552. The smallest absolute Gasteiger partial charge is 0.163 e. The van der Waals surface area contributed by atoms with Crippen molar-refractivity contribution in [2.45, 2.75) is 51.9 Å². The lowest BCUT2D eigenvalue weighted by molar-refractivity contribution is -0.0547. The van der Waals surface area contributed by atoms with Crippen molar-refractivity contribution in [1.29, 1.82) is 5.41 Å². The maximum absolute atomic E-state index is 10.5. The molecule has 4 rings (SSSR count). The number of nitrogens with zero attached hydrogens (tertiary/aromatic N) is 4. The van der Waals surface area contributed by atoms with Crippen molar-refractivity contribution in [2.75, 3.05) is 58.4 Å². The molecule has 0 aliphatic carbocycles. The zero-order chi connectivity index (χ0) is 29.0. The number of hydrogen-bond donors (Lipinski definition) is 4. The topological polar surface area (TPSA) is 127 Å². The summed E-state index contributed by atoms with van der Waals surface area (Å²) in [5.74, 6) is 1.71. The summed E-state index contributed by atoms with van der Waals surface area (Å²) in [5, 5.41) is 32.3. The summed E-state index contributed by atoms with van der Waals surface area (Å²) in [6.45, 7) is 9.29. The van der Waals surface area contributed by atoms with Crippen molar-refractivity contribution in [3.8, 4) is 17.1 Å². The van der Waals surface area contributed by atoms with E-state index in [-0.39, 0.29) is 18.1 Å². The highest BCUT2D eigenvalue weighted by Crippen LogP contribution is 2.36. The first kappa shape index (κ1) is 30.2. The van der Waals surface area contributed by atoms with Gasteiger partial charge in [-0.1, -0.05) is 11.6 Å². The molecule has 2 aliphatic rings. The summed E-state index contributed by atoms with van der Waals surface area (Å²) >= 11 is 6.65. The molecule has 1 aromatic heterocycles. The minimum atomic E-state index is -0.659. The molecule has 2 aromatic rings. The summed E-state index contributed by atoms with van der Waals surface area (Å²) in [6.07, 6.45) is 1.69. The van der Waals surface area contributed by atoms with Crippen molar-refractivity contribution in [3.05, 3.63) is 40.2 Å². The van der Waals surface area contributed by atoms with Crippen LogP contribution in [0.15, 0.2) is 24.0 Å². The Morgan fingerprint density at radius 1 is 1.23 bits per heavy atom. The molecular formula is C29H41ClN6O4. The zero-order valence-corrected chi connectivity index (χ0v) is 24.8. The summed E-state index contributed by atoms with van der Waals surface area (Å²) in [7, 11) is 3.54. The number of aliphatic hydroxyl groups excluding tert-OH is 2. The monoisotopic (exact) mass is 572 g/mol. The average molecular weight is 573 g/mol. The number of nitrogens with one attached hydrogen (secondary N) is 2. The fourth-order valence-electron chi connectivity index (χ4n) is 5.41. The van der Waals surface area contributed by atoms with Gasteiger partial charge >= 0.3 is 0 Å². The van der Waals surface area contributed by atoms with Crippen LogP contribution in [0.3, 0.4) is 0 Å². The second-order valence-corrected chi connectivity index (χ2v) is 11.0. The number of rotatable bonds is 11. The molecule has 218 valence electrons. The minimum Gasteiger partial charge on any atom is -0.512 e. The summed E-state index contributed by atoms with van der Waals surface area (Å²) < 4.78 is 11.3. The van der Waals surface area contributed by atoms with Crippen LogP contribution in [-0.4, -0.2) is 103 Å². The molecule has 0 unspecified atom stereocenters. The lowest BCUT2D eigenvalue weighted by atomic mass is 9.97. The molecule has 2 fully saturated rings. The first-order chi connectivity index (χ1) is 19.1. The molecule has 1 aromatic carbocycles. The number of ether oxygens (including phenoxy) is 2. The summed E-state index contributed by atoms with van der Waals surface area (Å²) in [6, 6.07) is 5.75. The lowest BCUT2D eigenvalue weighted by Gasteiger charge is -2.46. The maximum atomic E-state index is 10.5. The van der Waals surface area contributed by atoms with Gasteiger partial charge in [-0.05, 0) is 58.9 Å². The Morgan fingerprint density at radius 3 is 2.52 bits per heavy atom. The predicted molar refractivity (Wildman–Crippen MR) is 159 cm³/mol. The number of hydrogen-bond acceptors (Lipinski definition) is 10. The SMILES string of the molecule is CNC[C@@H](O)COc1ccc(Cl)c(-c2nc(/C(C(C)=N)=C(\C)O)c(C)c(N3CCC(N4CC(OC)C4)CC3)n2)c1. The Kier molecular flexibility index (Phi) is 10.0. The largest absolute Gasteiger partial charge is 0.512 e. The lowest BCUT2D eigenvalue weighted by Crippen LogP contribution is -2.58. The van der Waals surface area contributed by atoms with E-state index < -0.39 is 6.10 Å². The average Bonchev–Trinajstić information content (AvgIpc) is 2.89. The third-order valence-electron chi connectivity index (χ3n) is 7.64. The summed E-state index contributed by atoms with van der Waals surface area (Å²) in [4.78, 5) is 14.6. The molecule has 40 heavy (non-hydrogen) atoms. The van der Waals surface area contributed by atoms with Crippen molar-refractivity contribution in [3.63, 3.8) is 0 Å². The van der Waals surface area contributed by atoms with E-state index in [1.54, 1.807) is 46.2 Å². The van der Waals surface area contributed by atoms with Gasteiger partial charge in [0, 0.05) is 62.7 Å². The van der Waals surface area contributed by atoms with Gasteiger partial charge in [-0.15, -0.1) is 0 Å². The van der Waals surface area contributed by atoms with E-state index in [9.17, 15) is 10.2 Å². The van der Waals surface area contributed by atoms with Gasteiger partial charge in [0.2, 0.25) is 0 Å². The van der Waals surface area contributed by atoms with E-state index in [0.29, 0.717) is 52.1 Å². The highest BCUT2D eigenvalue weighted by molar-refractivity contribution is 6.33. The van der Waals surface area contributed by atoms with Crippen LogP contribution < -0.4 is 15.0 Å². The van der Waals surface area contributed by atoms with E-state index in [0.717, 1.165) is 50.4 Å². The molecule has 0 amide bonds. The Morgan fingerprint density at radius 2 is 1.93 bits per heavy atom. The van der Waals surface area contributed by atoms with Gasteiger partial charge in [-0.2, -0.15) is 0 Å². The van der Waals surface area contributed by atoms with Crippen LogP contribution in [0.25, 0.3) is 17.0 Å². The Labute approximate surface area is 241 Å². The van der Waals surface area contributed by atoms with Crippen LogP contribution in [0.5, 0.6) is 5.75 Å². The summed E-state index contributed by atoms with van der Waals surface area (Å²) in [5.41, 5.74) is 2.47.